The summed E-state index contributed by atoms with van der Waals surface area (Å²) >= 11 is 0. The van der Waals surface area contributed by atoms with E-state index < -0.39 is 16.6 Å². The van der Waals surface area contributed by atoms with Gasteiger partial charge in [0.2, 0.25) is 0 Å². The minimum absolute atomic E-state index is 0.0745. The first kappa shape index (κ1) is 11.7. The fourth-order valence-corrected chi connectivity index (χ4v) is 1.11. The van der Waals surface area contributed by atoms with E-state index in [9.17, 15) is 19.3 Å². The van der Waals surface area contributed by atoms with E-state index >= 15 is 0 Å². The van der Waals surface area contributed by atoms with Crippen LogP contribution in [0, 0.1) is 34.7 Å². The van der Waals surface area contributed by atoms with E-state index in [-0.39, 0.29) is 16.8 Å². The predicted molar refractivity (Wildman–Crippen MR) is 53.9 cm³/mol. The highest BCUT2D eigenvalue weighted by atomic mass is 19.1. The Morgan fingerprint density at radius 2 is 2.19 bits per heavy atom. The van der Waals surface area contributed by atoms with Crippen molar-refractivity contribution in [1.29, 1.82) is 0 Å². The third kappa shape index (κ3) is 2.54. The van der Waals surface area contributed by atoms with Crippen molar-refractivity contribution in [3.05, 3.63) is 39.2 Å². The second kappa shape index (κ2) is 4.40. The summed E-state index contributed by atoms with van der Waals surface area (Å²) in [6, 6.07) is 1.81. The van der Waals surface area contributed by atoms with Crippen molar-refractivity contribution in [2.24, 2.45) is 5.73 Å². The van der Waals surface area contributed by atoms with Crippen LogP contribution >= 0.6 is 0 Å². The summed E-state index contributed by atoms with van der Waals surface area (Å²) in [5.74, 6) is 2.61. The number of rotatable bonds is 1. The second-order valence-corrected chi connectivity index (χ2v) is 2.97. The summed E-state index contributed by atoms with van der Waals surface area (Å²) in [4.78, 5) is 20.3. The van der Waals surface area contributed by atoms with Crippen LogP contribution in [0.15, 0.2) is 12.1 Å². The van der Waals surface area contributed by atoms with Gasteiger partial charge in [0, 0.05) is 11.1 Å². The molecule has 1 amide bonds. The van der Waals surface area contributed by atoms with Crippen LogP contribution in [0.3, 0.4) is 0 Å². The molecule has 0 radical (unpaired) electrons. The molecular formula is C10H7FN2O3. The minimum atomic E-state index is -0.883. The second-order valence-electron chi connectivity index (χ2n) is 2.97. The predicted octanol–water partition coefficient (Wildman–Crippen LogP) is 0.879. The van der Waals surface area contributed by atoms with E-state index in [1.807, 2.05) is 5.92 Å². The highest BCUT2D eigenvalue weighted by molar-refractivity contribution is 5.92. The van der Waals surface area contributed by atoms with E-state index in [1.165, 1.54) is 6.92 Å². The van der Waals surface area contributed by atoms with Gasteiger partial charge in [-0.15, -0.1) is 0 Å². The van der Waals surface area contributed by atoms with Crippen LogP contribution < -0.4 is 5.73 Å². The molecule has 0 aliphatic heterocycles. The zero-order valence-electron chi connectivity index (χ0n) is 8.28. The lowest BCUT2D eigenvalue weighted by Crippen LogP contribution is -2.06. The average Bonchev–Trinajstić information content (AvgIpc) is 2.18. The molecule has 0 aliphatic rings. The maximum atomic E-state index is 13.0. The van der Waals surface area contributed by atoms with E-state index in [2.05, 4.69) is 5.92 Å². The molecule has 16 heavy (non-hydrogen) atoms. The number of amides is 1. The van der Waals surface area contributed by atoms with Crippen LogP contribution in [-0.4, -0.2) is 10.8 Å². The van der Waals surface area contributed by atoms with Gasteiger partial charge >= 0.3 is 0 Å². The van der Waals surface area contributed by atoms with Crippen molar-refractivity contribution < 1.29 is 14.1 Å². The summed E-state index contributed by atoms with van der Waals surface area (Å²) in [6.45, 7) is 1.42. The Bertz CT molecular complexity index is 529. The van der Waals surface area contributed by atoms with Gasteiger partial charge in [0.15, 0.2) is 0 Å². The lowest BCUT2D eigenvalue weighted by Gasteiger charge is -2.00. The van der Waals surface area contributed by atoms with Crippen molar-refractivity contribution in [3.8, 4) is 11.8 Å². The molecule has 1 rings (SSSR count). The highest BCUT2D eigenvalue weighted by Crippen LogP contribution is 2.22. The number of halogens is 1. The minimum Gasteiger partial charge on any atom is -0.359 e. The summed E-state index contributed by atoms with van der Waals surface area (Å²) < 4.78 is 13.0. The number of carbonyl (C=O) groups is 1. The topological polar surface area (TPSA) is 86.2 Å². The molecule has 2 N–H and O–H groups in total. The number of hydrogen-bond donors (Lipinski definition) is 1. The lowest BCUT2D eigenvalue weighted by molar-refractivity contribution is -0.385. The number of carbonyl (C=O) groups excluding carboxylic acids is 1. The third-order valence-electron chi connectivity index (χ3n) is 1.86. The zero-order valence-corrected chi connectivity index (χ0v) is 8.28. The molecule has 0 heterocycles. The van der Waals surface area contributed by atoms with Crippen molar-refractivity contribution in [1.82, 2.24) is 0 Å². The Kier molecular flexibility index (Phi) is 3.20. The molecule has 1 aromatic rings. The Hall–Kier alpha value is -2.42. The molecule has 0 atom stereocenters. The first-order valence-corrected chi connectivity index (χ1v) is 4.18. The SMILES string of the molecule is Cc1c(C#CC(N)=O)cc(F)cc1[N+](=O)[O-]. The van der Waals surface area contributed by atoms with Gasteiger partial charge < -0.3 is 5.73 Å². The van der Waals surface area contributed by atoms with Gasteiger partial charge in [0.1, 0.15) is 5.82 Å². The number of nitrogens with two attached hydrogens (primary N) is 1. The lowest BCUT2D eigenvalue weighted by atomic mass is 10.1. The molecule has 0 saturated carbocycles. The molecule has 82 valence electrons. The molecule has 0 spiro atoms. The van der Waals surface area contributed by atoms with E-state index in [0.717, 1.165) is 12.1 Å². The van der Waals surface area contributed by atoms with Crippen molar-refractivity contribution >= 4 is 11.6 Å². The van der Waals surface area contributed by atoms with E-state index in [1.54, 1.807) is 0 Å². The maximum absolute atomic E-state index is 13.0. The fraction of sp³-hybridized carbons (Fsp3) is 0.100. The quantitative estimate of drug-likeness (QED) is 0.434. The van der Waals surface area contributed by atoms with Crippen molar-refractivity contribution in [2.75, 3.05) is 0 Å². The first-order valence-electron chi connectivity index (χ1n) is 4.18. The van der Waals surface area contributed by atoms with Gasteiger partial charge in [0.25, 0.3) is 11.6 Å². The summed E-state index contributed by atoms with van der Waals surface area (Å²) in [5, 5.41) is 10.6. The van der Waals surface area contributed by atoms with Crippen LogP contribution in [0.4, 0.5) is 10.1 Å². The monoisotopic (exact) mass is 222 g/mol. The Morgan fingerprint density at radius 1 is 1.56 bits per heavy atom. The molecule has 1 aromatic carbocycles. The van der Waals surface area contributed by atoms with Crippen LogP contribution in [0.5, 0.6) is 0 Å². The number of primary amides is 1. The molecular weight excluding hydrogens is 215 g/mol. The van der Waals surface area contributed by atoms with Gasteiger partial charge in [-0.05, 0) is 18.9 Å². The fourth-order valence-electron chi connectivity index (χ4n) is 1.11. The number of nitro groups is 1. The molecule has 0 saturated heterocycles. The third-order valence-corrected chi connectivity index (χ3v) is 1.86. The number of benzene rings is 1. The van der Waals surface area contributed by atoms with Crippen LogP contribution in [0.1, 0.15) is 11.1 Å². The van der Waals surface area contributed by atoms with Gasteiger partial charge in [-0.3, -0.25) is 14.9 Å². The maximum Gasteiger partial charge on any atom is 0.293 e. The Morgan fingerprint density at radius 3 is 2.69 bits per heavy atom. The first-order chi connectivity index (χ1) is 7.41. The van der Waals surface area contributed by atoms with Crippen LogP contribution in [0.25, 0.3) is 0 Å². The van der Waals surface area contributed by atoms with Crippen molar-refractivity contribution in [3.63, 3.8) is 0 Å². The van der Waals surface area contributed by atoms with E-state index in [4.69, 9.17) is 5.73 Å². The molecule has 6 heteroatoms. The van der Waals surface area contributed by atoms with Gasteiger partial charge in [-0.1, -0.05) is 5.92 Å². The van der Waals surface area contributed by atoms with Gasteiger partial charge in [0.05, 0.1) is 11.0 Å². The van der Waals surface area contributed by atoms with Gasteiger partial charge in [-0.2, -0.15) is 0 Å². The molecule has 0 fully saturated rings. The zero-order chi connectivity index (χ0) is 12.3. The molecule has 0 aliphatic carbocycles. The highest BCUT2D eigenvalue weighted by Gasteiger charge is 2.15. The Balaban J connectivity index is 3.37. The van der Waals surface area contributed by atoms with E-state index in [0.29, 0.717) is 0 Å². The number of nitrogens with zero attached hydrogens (tertiary/aromatic N) is 1. The summed E-state index contributed by atoms with van der Waals surface area (Å²) in [5.41, 5.74) is 4.67. The Labute approximate surface area is 90.2 Å². The summed E-state index contributed by atoms with van der Waals surface area (Å²) in [6.07, 6.45) is 0. The smallest absolute Gasteiger partial charge is 0.293 e. The molecule has 0 aromatic heterocycles. The number of hydrogen-bond acceptors (Lipinski definition) is 3. The van der Waals surface area contributed by atoms with Gasteiger partial charge in [-0.25, -0.2) is 4.39 Å². The van der Waals surface area contributed by atoms with Crippen LogP contribution in [0.2, 0.25) is 0 Å². The molecule has 0 bridgehead atoms. The number of nitro benzene ring substituents is 1. The van der Waals surface area contributed by atoms with Crippen molar-refractivity contribution in [2.45, 2.75) is 6.92 Å². The van der Waals surface area contributed by atoms with Crippen LogP contribution in [-0.2, 0) is 4.79 Å². The molecule has 0 unspecified atom stereocenters. The largest absolute Gasteiger partial charge is 0.359 e. The standard InChI is InChI=1S/C10H7FN2O3/c1-6-7(2-3-10(12)14)4-8(11)5-9(6)13(15)16/h4-5H,1H3,(H2,12,14). The summed E-state index contributed by atoms with van der Waals surface area (Å²) in [7, 11) is 0. The average molecular weight is 222 g/mol. The molecule has 5 nitrogen and oxygen atoms in total. The normalized spacial score (nSPS) is 9.12.